The highest BCUT2D eigenvalue weighted by Crippen LogP contribution is 2.05. The summed E-state index contributed by atoms with van der Waals surface area (Å²) in [5.74, 6) is 0.910. The summed E-state index contributed by atoms with van der Waals surface area (Å²) in [5, 5.41) is 0. The Kier molecular flexibility index (Phi) is 8.26. The summed E-state index contributed by atoms with van der Waals surface area (Å²) in [7, 11) is 1.66. The van der Waals surface area contributed by atoms with Gasteiger partial charge in [0, 0.05) is 0 Å². The lowest BCUT2D eigenvalue weighted by atomic mass is 10.3. The van der Waals surface area contributed by atoms with Crippen LogP contribution in [0.1, 0.15) is 0 Å². The minimum Gasteiger partial charge on any atom is -0.497 e. The molecule has 0 aliphatic rings. The first-order valence-corrected chi connectivity index (χ1v) is 2.52. The Morgan fingerprint density at radius 2 is 1.50 bits per heavy atom. The third-order valence-electron chi connectivity index (χ3n) is 0.979. The quantitative estimate of drug-likeness (QED) is 0.646. The van der Waals surface area contributed by atoms with Crippen LogP contribution in [0.2, 0.25) is 0 Å². The SMILES string of the molecule is COc1ccccc1.Cl.Cl. The average Bonchev–Trinajstić information content (AvgIpc) is 1.90. The van der Waals surface area contributed by atoms with E-state index in [0.29, 0.717) is 0 Å². The Morgan fingerprint density at radius 3 is 1.80 bits per heavy atom. The van der Waals surface area contributed by atoms with Gasteiger partial charge in [-0.2, -0.15) is 0 Å². The van der Waals surface area contributed by atoms with E-state index in [4.69, 9.17) is 4.74 Å². The lowest BCUT2D eigenvalue weighted by Crippen LogP contribution is -1.78. The monoisotopic (exact) mass is 180 g/mol. The van der Waals surface area contributed by atoms with Crippen molar-refractivity contribution in [3.63, 3.8) is 0 Å². The number of ether oxygens (including phenoxy) is 1. The summed E-state index contributed by atoms with van der Waals surface area (Å²) in [6.45, 7) is 0. The lowest BCUT2D eigenvalue weighted by molar-refractivity contribution is 0.415. The van der Waals surface area contributed by atoms with E-state index in [1.165, 1.54) is 0 Å². The van der Waals surface area contributed by atoms with Gasteiger partial charge in [0.05, 0.1) is 7.11 Å². The van der Waals surface area contributed by atoms with Crippen molar-refractivity contribution >= 4 is 24.8 Å². The largest absolute Gasteiger partial charge is 0.497 e. The van der Waals surface area contributed by atoms with Crippen molar-refractivity contribution in [1.29, 1.82) is 0 Å². The molecule has 0 aliphatic carbocycles. The van der Waals surface area contributed by atoms with Crippen molar-refractivity contribution < 1.29 is 4.74 Å². The molecule has 58 valence electrons. The fourth-order valence-corrected chi connectivity index (χ4v) is 0.557. The molecule has 0 amide bonds. The zero-order valence-corrected chi connectivity index (χ0v) is 7.24. The molecule has 1 aromatic rings. The van der Waals surface area contributed by atoms with E-state index in [9.17, 15) is 0 Å². The molecule has 1 nitrogen and oxygen atoms in total. The van der Waals surface area contributed by atoms with Crippen molar-refractivity contribution in [3.05, 3.63) is 30.3 Å². The zero-order valence-electron chi connectivity index (χ0n) is 5.61. The molecular formula is C7H10Cl2O. The molecule has 1 aromatic carbocycles. The number of para-hydroxylation sites is 1. The summed E-state index contributed by atoms with van der Waals surface area (Å²) >= 11 is 0. The number of hydrogen-bond acceptors (Lipinski definition) is 1. The molecule has 1 rings (SSSR count). The number of hydrogen-bond donors (Lipinski definition) is 0. The third kappa shape index (κ3) is 3.59. The maximum atomic E-state index is 4.91. The molecule has 0 aromatic heterocycles. The van der Waals surface area contributed by atoms with Crippen LogP contribution < -0.4 is 4.74 Å². The molecule has 0 spiro atoms. The van der Waals surface area contributed by atoms with Gasteiger partial charge in [0.25, 0.3) is 0 Å². The summed E-state index contributed by atoms with van der Waals surface area (Å²) in [4.78, 5) is 0. The number of halogens is 2. The normalized spacial score (nSPS) is 6.90. The summed E-state index contributed by atoms with van der Waals surface area (Å²) in [5.41, 5.74) is 0. The second-order valence-electron chi connectivity index (χ2n) is 1.52. The molecule has 3 heteroatoms. The van der Waals surface area contributed by atoms with Gasteiger partial charge in [-0.05, 0) is 12.1 Å². The van der Waals surface area contributed by atoms with Crippen molar-refractivity contribution in [2.45, 2.75) is 0 Å². The van der Waals surface area contributed by atoms with Crippen LogP contribution in [0.25, 0.3) is 0 Å². The fraction of sp³-hybridized carbons (Fsp3) is 0.143. The molecule has 0 bridgehead atoms. The van der Waals surface area contributed by atoms with Crippen LogP contribution in [0, 0.1) is 0 Å². The van der Waals surface area contributed by atoms with E-state index in [2.05, 4.69) is 0 Å². The topological polar surface area (TPSA) is 9.23 Å². The molecule has 0 saturated heterocycles. The predicted octanol–water partition coefficient (Wildman–Crippen LogP) is 2.54. The van der Waals surface area contributed by atoms with Crippen molar-refractivity contribution in [3.8, 4) is 5.75 Å². The summed E-state index contributed by atoms with van der Waals surface area (Å²) < 4.78 is 4.91. The van der Waals surface area contributed by atoms with Crippen LogP contribution in [-0.2, 0) is 0 Å². The van der Waals surface area contributed by atoms with Gasteiger partial charge in [-0.15, -0.1) is 24.8 Å². The van der Waals surface area contributed by atoms with Gasteiger partial charge in [0.1, 0.15) is 5.75 Å². The minimum absolute atomic E-state index is 0. The van der Waals surface area contributed by atoms with Crippen molar-refractivity contribution in [1.82, 2.24) is 0 Å². The molecule has 0 aliphatic heterocycles. The van der Waals surface area contributed by atoms with Gasteiger partial charge in [-0.25, -0.2) is 0 Å². The van der Waals surface area contributed by atoms with E-state index >= 15 is 0 Å². The van der Waals surface area contributed by atoms with E-state index in [-0.39, 0.29) is 24.8 Å². The molecule has 0 fully saturated rings. The van der Waals surface area contributed by atoms with E-state index in [0.717, 1.165) is 5.75 Å². The number of benzene rings is 1. The predicted molar refractivity (Wildman–Crippen MR) is 47.5 cm³/mol. The molecular weight excluding hydrogens is 171 g/mol. The van der Waals surface area contributed by atoms with E-state index in [1.807, 2.05) is 30.3 Å². The second-order valence-corrected chi connectivity index (χ2v) is 1.52. The van der Waals surface area contributed by atoms with Gasteiger partial charge in [-0.1, -0.05) is 18.2 Å². The molecule has 0 radical (unpaired) electrons. The van der Waals surface area contributed by atoms with Crippen LogP contribution in [0.4, 0.5) is 0 Å². The maximum Gasteiger partial charge on any atom is 0.118 e. The minimum atomic E-state index is 0. The van der Waals surface area contributed by atoms with Gasteiger partial charge >= 0.3 is 0 Å². The zero-order chi connectivity index (χ0) is 5.82. The van der Waals surface area contributed by atoms with Gasteiger partial charge in [-0.3, -0.25) is 0 Å². The number of methoxy groups -OCH3 is 1. The lowest BCUT2D eigenvalue weighted by Gasteiger charge is -1.93. The molecule has 0 atom stereocenters. The molecule has 0 saturated carbocycles. The molecule has 10 heavy (non-hydrogen) atoms. The third-order valence-corrected chi connectivity index (χ3v) is 0.979. The number of rotatable bonds is 1. The summed E-state index contributed by atoms with van der Waals surface area (Å²) in [6, 6.07) is 9.68. The summed E-state index contributed by atoms with van der Waals surface area (Å²) in [6.07, 6.45) is 0. The highest BCUT2D eigenvalue weighted by Gasteiger charge is 1.80. The fourth-order valence-electron chi connectivity index (χ4n) is 0.557. The molecule has 0 N–H and O–H groups in total. The smallest absolute Gasteiger partial charge is 0.118 e. The van der Waals surface area contributed by atoms with Crippen LogP contribution >= 0.6 is 24.8 Å². The van der Waals surface area contributed by atoms with Crippen LogP contribution in [0.5, 0.6) is 5.75 Å². The first-order chi connectivity index (χ1) is 3.93. The van der Waals surface area contributed by atoms with Crippen molar-refractivity contribution in [2.24, 2.45) is 0 Å². The van der Waals surface area contributed by atoms with Crippen molar-refractivity contribution in [2.75, 3.05) is 7.11 Å². The molecule has 0 unspecified atom stereocenters. The van der Waals surface area contributed by atoms with Gasteiger partial charge < -0.3 is 4.74 Å². The standard InChI is InChI=1S/C7H8O.2ClH/c1-8-7-5-3-2-4-6-7;;/h2-6H,1H3;2*1H. The highest BCUT2D eigenvalue weighted by atomic mass is 35.5. The Labute approximate surface area is 73.2 Å². The first kappa shape index (κ1) is 12.3. The molecule has 0 heterocycles. The van der Waals surface area contributed by atoms with Crippen LogP contribution in [0.15, 0.2) is 30.3 Å². The van der Waals surface area contributed by atoms with Crippen LogP contribution in [0.3, 0.4) is 0 Å². The Hall–Kier alpha value is -0.400. The van der Waals surface area contributed by atoms with E-state index < -0.39 is 0 Å². The van der Waals surface area contributed by atoms with Gasteiger partial charge in [0.2, 0.25) is 0 Å². The van der Waals surface area contributed by atoms with Crippen LogP contribution in [-0.4, -0.2) is 7.11 Å². The van der Waals surface area contributed by atoms with Gasteiger partial charge in [0.15, 0.2) is 0 Å². The van der Waals surface area contributed by atoms with E-state index in [1.54, 1.807) is 7.11 Å². The highest BCUT2D eigenvalue weighted by molar-refractivity contribution is 5.85. The Morgan fingerprint density at radius 1 is 1.00 bits per heavy atom. The Balaban J connectivity index is 0. The second kappa shape index (κ2) is 6.72. The Bertz CT molecular complexity index is 153. The maximum absolute atomic E-state index is 4.91. The average molecular weight is 181 g/mol. The first-order valence-electron chi connectivity index (χ1n) is 2.52.